The van der Waals surface area contributed by atoms with E-state index < -0.39 is 5.72 Å². The molecular formula is C22H41BrFNO3. The number of halogens is 2. The predicted molar refractivity (Wildman–Crippen MR) is 120 cm³/mol. The van der Waals surface area contributed by atoms with Gasteiger partial charge in [0.15, 0.2) is 0 Å². The molecular weight excluding hydrogens is 425 g/mol. The Morgan fingerprint density at radius 3 is 1.93 bits per heavy atom. The molecule has 0 heterocycles. The van der Waals surface area contributed by atoms with Gasteiger partial charge in [-0.05, 0) is 58.9 Å². The molecule has 2 N–H and O–H groups in total. The summed E-state index contributed by atoms with van der Waals surface area (Å²) < 4.78 is 24.4. The minimum atomic E-state index is -0.465. The number of benzene rings is 1. The maximum absolute atomic E-state index is 12.6. The molecule has 0 amide bonds. The summed E-state index contributed by atoms with van der Waals surface area (Å²) in [4.78, 5) is 0. The van der Waals surface area contributed by atoms with E-state index in [1.807, 2.05) is 65.9 Å². The third-order valence-corrected chi connectivity index (χ3v) is 4.49. The molecule has 0 aromatic heterocycles. The molecule has 0 aliphatic rings. The molecule has 0 aliphatic carbocycles. The standard InChI is InChI=1S/C13H19BrFNO.C6H14O2.C3H8/c1-13(2,16-3)17-12(8-9-15)10-4-6-11(14)7-5-10;1-4-6(2,3)8-5-7;1-3-2/h4-7,12,16H,8-9H2,1-3H3;7H,4-5H2,1-3H3;3H2,1-2H3. The molecule has 0 spiro atoms. The Bertz CT molecular complexity index is 481. The molecule has 0 bridgehead atoms. The van der Waals surface area contributed by atoms with Gasteiger partial charge in [0.05, 0.1) is 18.4 Å². The van der Waals surface area contributed by atoms with E-state index in [2.05, 4.69) is 35.1 Å². The van der Waals surface area contributed by atoms with Gasteiger partial charge in [0.2, 0.25) is 0 Å². The van der Waals surface area contributed by atoms with Gasteiger partial charge in [-0.25, -0.2) is 0 Å². The third-order valence-electron chi connectivity index (χ3n) is 3.96. The van der Waals surface area contributed by atoms with Gasteiger partial charge in [0.25, 0.3) is 0 Å². The van der Waals surface area contributed by atoms with Crippen LogP contribution in [0.3, 0.4) is 0 Å². The van der Waals surface area contributed by atoms with Crippen molar-refractivity contribution >= 4 is 15.9 Å². The van der Waals surface area contributed by atoms with E-state index in [9.17, 15) is 4.39 Å². The highest BCUT2D eigenvalue weighted by molar-refractivity contribution is 9.10. The Hall–Kier alpha value is -0.530. The quantitative estimate of drug-likeness (QED) is 0.415. The summed E-state index contributed by atoms with van der Waals surface area (Å²) in [6, 6.07) is 7.79. The van der Waals surface area contributed by atoms with Gasteiger partial charge in [-0.15, -0.1) is 0 Å². The molecule has 28 heavy (non-hydrogen) atoms. The predicted octanol–water partition coefficient (Wildman–Crippen LogP) is 6.38. The average molecular weight is 466 g/mol. The van der Waals surface area contributed by atoms with Crippen molar-refractivity contribution in [1.82, 2.24) is 5.32 Å². The first-order valence-electron chi connectivity index (χ1n) is 9.95. The zero-order chi connectivity index (χ0) is 22.2. The summed E-state index contributed by atoms with van der Waals surface area (Å²) >= 11 is 3.38. The van der Waals surface area contributed by atoms with Crippen molar-refractivity contribution < 1.29 is 19.0 Å². The van der Waals surface area contributed by atoms with E-state index >= 15 is 0 Å². The van der Waals surface area contributed by atoms with Crippen LogP contribution in [0.5, 0.6) is 0 Å². The van der Waals surface area contributed by atoms with Gasteiger partial charge in [0.1, 0.15) is 12.5 Å². The van der Waals surface area contributed by atoms with E-state index in [1.165, 1.54) is 6.42 Å². The molecule has 1 unspecified atom stereocenters. The summed E-state index contributed by atoms with van der Waals surface area (Å²) in [6.45, 7) is 13.5. The number of hydrogen-bond donors (Lipinski definition) is 2. The van der Waals surface area contributed by atoms with Crippen LogP contribution in [0.2, 0.25) is 0 Å². The molecule has 166 valence electrons. The number of aliphatic hydroxyl groups excluding tert-OH is 1. The normalized spacial score (nSPS) is 12.4. The third kappa shape index (κ3) is 15.4. The Labute approximate surface area is 180 Å². The van der Waals surface area contributed by atoms with Crippen LogP contribution in [-0.4, -0.2) is 36.9 Å². The van der Waals surface area contributed by atoms with Crippen LogP contribution in [-0.2, 0) is 9.47 Å². The van der Waals surface area contributed by atoms with Crippen molar-refractivity contribution in [2.45, 2.75) is 85.2 Å². The zero-order valence-corrected chi connectivity index (χ0v) is 20.5. The lowest BCUT2D eigenvalue weighted by Crippen LogP contribution is -2.40. The first-order valence-corrected chi connectivity index (χ1v) is 10.7. The van der Waals surface area contributed by atoms with Crippen molar-refractivity contribution in [2.24, 2.45) is 0 Å². The van der Waals surface area contributed by atoms with Crippen molar-refractivity contribution in [1.29, 1.82) is 0 Å². The lowest BCUT2D eigenvalue weighted by Gasteiger charge is -2.30. The highest BCUT2D eigenvalue weighted by atomic mass is 79.9. The average Bonchev–Trinajstić information content (AvgIpc) is 2.63. The first-order chi connectivity index (χ1) is 13.0. The van der Waals surface area contributed by atoms with Crippen LogP contribution < -0.4 is 5.32 Å². The summed E-state index contributed by atoms with van der Waals surface area (Å²) in [5.41, 5.74) is 0.371. The second kappa shape index (κ2) is 16.3. The lowest BCUT2D eigenvalue weighted by atomic mass is 10.1. The van der Waals surface area contributed by atoms with Crippen LogP contribution in [0.25, 0.3) is 0 Å². The van der Waals surface area contributed by atoms with Gasteiger partial charge in [-0.3, -0.25) is 9.71 Å². The lowest BCUT2D eigenvalue weighted by molar-refractivity contribution is -0.0988. The number of nitrogens with one attached hydrogen (secondary N) is 1. The molecule has 1 rings (SSSR count). The minimum absolute atomic E-state index is 0.158. The summed E-state index contributed by atoms with van der Waals surface area (Å²) in [5.74, 6) is 0. The Morgan fingerprint density at radius 1 is 1.11 bits per heavy atom. The topological polar surface area (TPSA) is 50.7 Å². The second-order valence-corrected chi connectivity index (χ2v) is 8.41. The summed E-state index contributed by atoms with van der Waals surface area (Å²) in [5, 5.41) is 11.4. The molecule has 0 aliphatic heterocycles. The van der Waals surface area contributed by atoms with E-state index in [0.717, 1.165) is 16.5 Å². The van der Waals surface area contributed by atoms with Crippen LogP contribution in [0, 0.1) is 0 Å². The fourth-order valence-electron chi connectivity index (χ4n) is 1.76. The highest BCUT2D eigenvalue weighted by Gasteiger charge is 2.22. The highest BCUT2D eigenvalue weighted by Crippen LogP contribution is 2.27. The van der Waals surface area contributed by atoms with E-state index in [1.54, 1.807) is 0 Å². The molecule has 1 aromatic carbocycles. The molecule has 6 heteroatoms. The summed E-state index contributed by atoms with van der Waals surface area (Å²) in [6.07, 6.45) is 2.32. The van der Waals surface area contributed by atoms with Crippen molar-refractivity contribution in [3.8, 4) is 0 Å². The zero-order valence-electron chi connectivity index (χ0n) is 18.9. The molecule has 4 nitrogen and oxygen atoms in total. The monoisotopic (exact) mass is 465 g/mol. The molecule has 1 aromatic rings. The Kier molecular flexibility index (Phi) is 17.3. The maximum atomic E-state index is 12.6. The van der Waals surface area contributed by atoms with Gasteiger partial charge in [-0.1, -0.05) is 55.3 Å². The number of hydrogen-bond acceptors (Lipinski definition) is 4. The SMILES string of the molecule is CCC.CCC(C)(C)OCO.CNC(C)(C)OC(CCF)c1ccc(Br)cc1. The van der Waals surface area contributed by atoms with Crippen LogP contribution in [0.15, 0.2) is 28.7 Å². The number of alkyl halides is 1. The number of aliphatic hydroxyl groups is 1. The van der Waals surface area contributed by atoms with E-state index in [0.29, 0.717) is 6.42 Å². The van der Waals surface area contributed by atoms with Gasteiger partial charge < -0.3 is 14.6 Å². The van der Waals surface area contributed by atoms with Crippen LogP contribution in [0.1, 0.15) is 79.4 Å². The first kappa shape index (κ1) is 29.7. The van der Waals surface area contributed by atoms with Gasteiger partial charge in [-0.2, -0.15) is 0 Å². The number of ether oxygens (including phenoxy) is 2. The van der Waals surface area contributed by atoms with E-state index in [-0.39, 0.29) is 25.2 Å². The van der Waals surface area contributed by atoms with Crippen LogP contribution in [0.4, 0.5) is 4.39 Å². The van der Waals surface area contributed by atoms with Crippen molar-refractivity contribution in [3.63, 3.8) is 0 Å². The largest absolute Gasteiger partial charge is 0.371 e. The molecule has 0 saturated carbocycles. The van der Waals surface area contributed by atoms with Crippen LogP contribution >= 0.6 is 15.9 Å². The molecule has 0 radical (unpaired) electrons. The summed E-state index contributed by atoms with van der Waals surface area (Å²) in [7, 11) is 1.83. The second-order valence-electron chi connectivity index (χ2n) is 7.49. The number of rotatable bonds is 9. The maximum Gasteiger partial charge on any atom is 0.144 e. The van der Waals surface area contributed by atoms with Gasteiger partial charge in [0, 0.05) is 10.9 Å². The Balaban J connectivity index is 0. The van der Waals surface area contributed by atoms with Gasteiger partial charge >= 0.3 is 0 Å². The molecule has 0 fully saturated rings. The molecule has 0 saturated heterocycles. The van der Waals surface area contributed by atoms with Crippen molar-refractivity contribution in [3.05, 3.63) is 34.3 Å². The fraction of sp³-hybridized carbons (Fsp3) is 0.727. The minimum Gasteiger partial charge on any atom is -0.371 e. The van der Waals surface area contributed by atoms with E-state index in [4.69, 9.17) is 14.6 Å². The fourth-order valence-corrected chi connectivity index (χ4v) is 2.03. The molecule has 1 atom stereocenters. The Morgan fingerprint density at radius 2 is 1.61 bits per heavy atom. The smallest absolute Gasteiger partial charge is 0.144 e. The van der Waals surface area contributed by atoms with Crippen molar-refractivity contribution in [2.75, 3.05) is 20.5 Å².